The fourth-order valence-corrected chi connectivity index (χ4v) is 3.35. The first-order valence-corrected chi connectivity index (χ1v) is 8.46. The summed E-state index contributed by atoms with van der Waals surface area (Å²) in [4.78, 5) is 28.8. The Kier molecular flexibility index (Phi) is 3.15. The summed E-state index contributed by atoms with van der Waals surface area (Å²) in [7, 11) is 0. The molecule has 7 nitrogen and oxygen atoms in total. The van der Waals surface area contributed by atoms with Crippen molar-refractivity contribution < 1.29 is 4.79 Å². The molecule has 2 aromatic heterocycles. The van der Waals surface area contributed by atoms with E-state index in [0.29, 0.717) is 11.2 Å². The van der Waals surface area contributed by atoms with Crippen LogP contribution in [0.15, 0.2) is 47.7 Å². The normalized spacial score (nSPS) is 14.0. The van der Waals surface area contributed by atoms with Crippen molar-refractivity contribution in [2.24, 2.45) is 4.99 Å². The van der Waals surface area contributed by atoms with E-state index in [4.69, 9.17) is 0 Å². The van der Waals surface area contributed by atoms with Crippen molar-refractivity contribution in [1.82, 2.24) is 19.5 Å². The molecule has 0 aliphatic carbocycles. The highest BCUT2D eigenvalue weighted by Gasteiger charge is 2.16. The molecule has 4 aromatic rings. The summed E-state index contributed by atoms with van der Waals surface area (Å²) >= 11 is 0. The number of carbonyl (C=O) groups is 1. The number of aryl methyl sites for hydroxylation is 1. The fourth-order valence-electron chi connectivity index (χ4n) is 3.35. The van der Waals surface area contributed by atoms with E-state index in [9.17, 15) is 4.79 Å². The van der Waals surface area contributed by atoms with E-state index in [1.165, 1.54) is 5.56 Å². The van der Waals surface area contributed by atoms with Crippen LogP contribution in [0.25, 0.3) is 21.9 Å². The zero-order valence-electron chi connectivity index (χ0n) is 14.2. The molecule has 5 rings (SSSR count). The van der Waals surface area contributed by atoms with Crippen LogP contribution in [0.3, 0.4) is 0 Å². The fraction of sp³-hybridized carbons (Fsp3) is 0.158. The van der Waals surface area contributed by atoms with Gasteiger partial charge in [-0.15, -0.1) is 0 Å². The predicted molar refractivity (Wildman–Crippen MR) is 98.9 cm³/mol. The van der Waals surface area contributed by atoms with Crippen molar-refractivity contribution in [2.75, 3.05) is 11.9 Å². The molecule has 0 spiro atoms. The zero-order valence-corrected chi connectivity index (χ0v) is 14.2. The van der Waals surface area contributed by atoms with E-state index in [2.05, 4.69) is 38.3 Å². The number of carbonyl (C=O) groups excluding carboxylic acids is 1. The summed E-state index contributed by atoms with van der Waals surface area (Å²) in [6, 6.07) is 11.4. The smallest absolute Gasteiger partial charge is 0.280 e. The van der Waals surface area contributed by atoms with Crippen LogP contribution in [0.5, 0.6) is 0 Å². The van der Waals surface area contributed by atoms with Gasteiger partial charge in [0.2, 0.25) is 5.62 Å². The van der Waals surface area contributed by atoms with Crippen LogP contribution in [0, 0.1) is 6.92 Å². The van der Waals surface area contributed by atoms with Crippen molar-refractivity contribution in [3.63, 3.8) is 0 Å². The van der Waals surface area contributed by atoms with Crippen LogP contribution < -0.4 is 10.9 Å². The van der Waals surface area contributed by atoms with Crippen LogP contribution in [0.1, 0.15) is 15.9 Å². The molecule has 0 unspecified atom stereocenters. The maximum Gasteiger partial charge on any atom is 0.280 e. The van der Waals surface area contributed by atoms with Crippen molar-refractivity contribution in [3.8, 4) is 0 Å². The molecule has 1 aliphatic heterocycles. The Morgan fingerprint density at radius 3 is 3.00 bits per heavy atom. The number of H-pyrrole nitrogens is 1. The average molecular weight is 344 g/mol. The first kappa shape index (κ1) is 14.8. The minimum absolute atomic E-state index is 0.318. The lowest BCUT2D eigenvalue weighted by atomic mass is 10.1. The number of benzene rings is 2. The first-order valence-electron chi connectivity index (χ1n) is 8.46. The lowest BCUT2D eigenvalue weighted by Gasteiger charge is -2.08. The third-order valence-corrected chi connectivity index (χ3v) is 4.64. The maximum absolute atomic E-state index is 12.7. The van der Waals surface area contributed by atoms with Gasteiger partial charge in [0.05, 0.1) is 22.9 Å². The predicted octanol–water partition coefficient (Wildman–Crippen LogP) is 2.39. The van der Waals surface area contributed by atoms with Gasteiger partial charge in [-0.25, -0.2) is 9.97 Å². The molecule has 2 aromatic carbocycles. The molecule has 128 valence electrons. The SMILES string of the molecule is Cc1ccc2nc(=NC(=O)c3ccc4nc[nH]c4c3)n3c(c2c1)NCC3. The number of hydrogen-bond donors (Lipinski definition) is 2. The first-order chi connectivity index (χ1) is 12.7. The lowest BCUT2D eigenvalue weighted by Crippen LogP contribution is -2.24. The van der Waals surface area contributed by atoms with Crippen LogP contribution in [0.2, 0.25) is 0 Å². The molecular formula is C19H16N6O. The van der Waals surface area contributed by atoms with Crippen LogP contribution in [-0.4, -0.2) is 32.0 Å². The Morgan fingerprint density at radius 1 is 1.19 bits per heavy atom. The summed E-state index contributed by atoms with van der Waals surface area (Å²) in [5.41, 5.74) is 4.56. The Hall–Kier alpha value is -3.48. The second-order valence-electron chi connectivity index (χ2n) is 6.41. The van der Waals surface area contributed by atoms with E-state index in [1.54, 1.807) is 18.5 Å². The monoisotopic (exact) mass is 344 g/mol. The number of aromatic amines is 1. The van der Waals surface area contributed by atoms with Gasteiger partial charge in [-0.05, 0) is 37.3 Å². The minimum Gasteiger partial charge on any atom is -0.369 e. The number of amides is 1. The number of nitrogens with zero attached hydrogens (tertiary/aromatic N) is 4. The quantitative estimate of drug-likeness (QED) is 0.555. The Bertz CT molecular complexity index is 1250. The molecule has 0 atom stereocenters. The number of fused-ring (bicyclic) bond motifs is 4. The van der Waals surface area contributed by atoms with Gasteiger partial charge < -0.3 is 10.3 Å². The molecule has 0 saturated heterocycles. The Labute approximate surface area is 148 Å². The molecule has 1 amide bonds. The largest absolute Gasteiger partial charge is 0.369 e. The van der Waals surface area contributed by atoms with Gasteiger partial charge in [0, 0.05) is 24.0 Å². The second kappa shape index (κ2) is 5.52. The number of hydrogen-bond acceptors (Lipinski definition) is 4. The summed E-state index contributed by atoms with van der Waals surface area (Å²) in [5.74, 6) is 0.649. The van der Waals surface area contributed by atoms with E-state index in [1.807, 2.05) is 22.8 Å². The van der Waals surface area contributed by atoms with Gasteiger partial charge in [-0.1, -0.05) is 11.6 Å². The third kappa shape index (κ3) is 2.28. The van der Waals surface area contributed by atoms with Crippen molar-refractivity contribution in [3.05, 3.63) is 59.5 Å². The van der Waals surface area contributed by atoms with Crippen molar-refractivity contribution >= 4 is 33.7 Å². The average Bonchev–Trinajstić information content (AvgIpc) is 3.31. The molecular weight excluding hydrogens is 328 g/mol. The van der Waals surface area contributed by atoms with Crippen molar-refractivity contribution in [2.45, 2.75) is 13.5 Å². The lowest BCUT2D eigenvalue weighted by molar-refractivity contribution is 0.0996. The number of anilines is 1. The highest BCUT2D eigenvalue weighted by Crippen LogP contribution is 2.24. The molecule has 26 heavy (non-hydrogen) atoms. The van der Waals surface area contributed by atoms with Crippen LogP contribution >= 0.6 is 0 Å². The summed E-state index contributed by atoms with van der Waals surface area (Å²) < 4.78 is 1.97. The summed E-state index contributed by atoms with van der Waals surface area (Å²) in [5, 5.41) is 4.43. The van der Waals surface area contributed by atoms with E-state index in [0.717, 1.165) is 40.8 Å². The molecule has 0 radical (unpaired) electrons. The highest BCUT2D eigenvalue weighted by atomic mass is 16.1. The third-order valence-electron chi connectivity index (χ3n) is 4.64. The number of aromatic nitrogens is 4. The Morgan fingerprint density at radius 2 is 2.08 bits per heavy atom. The number of imidazole rings is 1. The highest BCUT2D eigenvalue weighted by molar-refractivity contribution is 5.98. The molecule has 3 heterocycles. The summed E-state index contributed by atoms with van der Waals surface area (Å²) in [6.07, 6.45) is 1.61. The standard InChI is InChI=1S/C19H16N6O/c1-11-2-4-14-13(8-11)17-20-6-7-25(17)19(23-14)24-18(26)12-3-5-15-16(9-12)22-10-21-15/h2-5,8-10,20H,6-7H2,1H3,(H,21,22). The van der Waals surface area contributed by atoms with Gasteiger partial charge in [0.15, 0.2) is 0 Å². The minimum atomic E-state index is -0.318. The van der Waals surface area contributed by atoms with Gasteiger partial charge in [-0.3, -0.25) is 9.36 Å². The topological polar surface area (TPSA) is 88.0 Å². The molecule has 0 fully saturated rings. The van der Waals surface area contributed by atoms with E-state index >= 15 is 0 Å². The van der Waals surface area contributed by atoms with Gasteiger partial charge >= 0.3 is 0 Å². The van der Waals surface area contributed by atoms with E-state index in [-0.39, 0.29) is 5.91 Å². The van der Waals surface area contributed by atoms with Gasteiger partial charge in [0.1, 0.15) is 5.82 Å². The van der Waals surface area contributed by atoms with Gasteiger partial charge in [-0.2, -0.15) is 4.99 Å². The molecule has 2 N–H and O–H groups in total. The number of rotatable bonds is 1. The van der Waals surface area contributed by atoms with Crippen LogP contribution in [0.4, 0.5) is 5.82 Å². The molecule has 0 bridgehead atoms. The Balaban J connectivity index is 1.68. The van der Waals surface area contributed by atoms with Crippen LogP contribution in [-0.2, 0) is 6.54 Å². The molecule has 1 aliphatic rings. The molecule has 0 saturated carbocycles. The zero-order chi connectivity index (χ0) is 17.7. The second-order valence-corrected chi connectivity index (χ2v) is 6.41. The van der Waals surface area contributed by atoms with E-state index < -0.39 is 0 Å². The molecule has 7 heteroatoms. The van der Waals surface area contributed by atoms with Gasteiger partial charge in [0.25, 0.3) is 5.91 Å². The number of nitrogens with one attached hydrogen (secondary N) is 2. The van der Waals surface area contributed by atoms with Crippen molar-refractivity contribution in [1.29, 1.82) is 0 Å². The maximum atomic E-state index is 12.7. The summed E-state index contributed by atoms with van der Waals surface area (Å²) in [6.45, 7) is 3.59.